The van der Waals surface area contributed by atoms with E-state index < -0.39 is 22.3 Å². The van der Waals surface area contributed by atoms with Gasteiger partial charge in [0, 0.05) is 33.6 Å². The van der Waals surface area contributed by atoms with Gasteiger partial charge in [0.1, 0.15) is 11.7 Å². The number of fused-ring (bicyclic) bond motifs is 7. The van der Waals surface area contributed by atoms with E-state index in [1.54, 1.807) is 24.4 Å². The number of anilines is 1. The number of dihydropyridines is 1. The first-order chi connectivity index (χ1) is 22.2. The van der Waals surface area contributed by atoms with Crippen molar-refractivity contribution in [1.29, 1.82) is 0 Å². The van der Waals surface area contributed by atoms with Crippen molar-refractivity contribution < 1.29 is 22.1 Å². The Bertz CT molecular complexity index is 1860. The van der Waals surface area contributed by atoms with E-state index >= 15 is 0 Å². The first-order valence-corrected chi connectivity index (χ1v) is 17.0. The van der Waals surface area contributed by atoms with E-state index in [0.717, 1.165) is 44.9 Å². The van der Waals surface area contributed by atoms with Crippen LogP contribution in [0.15, 0.2) is 52.6 Å². The molecule has 3 saturated carbocycles. The van der Waals surface area contributed by atoms with Gasteiger partial charge in [-0.1, -0.05) is 6.08 Å². The summed E-state index contributed by atoms with van der Waals surface area (Å²) in [6.07, 6.45) is 9.83. The fourth-order valence-electron chi connectivity index (χ4n) is 8.02. The molecule has 44 heavy (non-hydrogen) atoms. The first kappa shape index (κ1) is 24.6. The number of nitrogens with zero attached hydrogens (tertiary/aromatic N) is 5. The lowest BCUT2D eigenvalue weighted by Gasteiger charge is -2.34. The summed E-state index contributed by atoms with van der Waals surface area (Å²) in [4.78, 5) is 25.1. The molecule has 6 aliphatic rings. The maximum atomic E-state index is 13.7. The molecule has 1 amide bonds. The SMILES string of the molecule is [2H]C1=CC=C2NC1=NCCC[C@@H]1CN(c3nc(-n4ccc(OCC([2H])([2H])C5C6(CC6)C56CC6)n4)ccc3C(=O)NS2(=O)=O)C(C)(C)C1. The van der Waals surface area contributed by atoms with Gasteiger partial charge in [-0.15, -0.1) is 5.10 Å². The van der Waals surface area contributed by atoms with E-state index in [1.807, 2.05) is 0 Å². The van der Waals surface area contributed by atoms with E-state index in [4.69, 9.17) is 13.8 Å². The molecular formula is C32H39N7O4S. The molecule has 1 atom stereocenters. The van der Waals surface area contributed by atoms with Gasteiger partial charge in [-0.3, -0.25) is 9.79 Å². The summed E-state index contributed by atoms with van der Waals surface area (Å²) in [6, 6.07) is 4.90. The standard InChI is InChI=1S/C32H39N7O4S/c1-30(2)19-21-5-4-16-33-24-6-3-7-27(34-24)44(41,42)37-29(40)22-8-9-25(35-28(22)38(30)20-21)39-17-10-26(36-39)43-18-11-23-31(12-13-31)32(23)14-15-32/h3,6-10,17,21,23H,4-5,11-16,18-20H2,1-2H3,(H,33,34)(H,37,40)/t21-/m0/s1/i6D,11D2. The topological polar surface area (TPSA) is 131 Å². The minimum atomic E-state index is -4.33. The first-order valence-electron chi connectivity index (χ1n) is 17.0. The number of sulfonamides is 1. The van der Waals surface area contributed by atoms with E-state index in [-0.39, 0.29) is 63.2 Å². The zero-order chi connectivity index (χ0) is 33.0. The molecule has 4 fully saturated rings. The Hall–Kier alpha value is -3.67. The normalized spacial score (nSPS) is 28.5. The Labute approximate surface area is 262 Å². The van der Waals surface area contributed by atoms with Crippen molar-refractivity contribution in [1.82, 2.24) is 24.8 Å². The van der Waals surface area contributed by atoms with Crippen molar-refractivity contribution in [3.05, 3.63) is 53.2 Å². The smallest absolute Gasteiger partial charge is 0.279 e. The largest absolute Gasteiger partial charge is 0.477 e. The van der Waals surface area contributed by atoms with Crippen molar-refractivity contribution in [3.8, 4) is 11.7 Å². The van der Waals surface area contributed by atoms with Crippen molar-refractivity contribution in [2.24, 2.45) is 27.7 Å². The Morgan fingerprint density at radius 1 is 1.18 bits per heavy atom. The average Bonchev–Trinajstić information content (AvgIpc) is 3.97. The van der Waals surface area contributed by atoms with Gasteiger partial charge in [0.2, 0.25) is 5.88 Å². The summed E-state index contributed by atoms with van der Waals surface area (Å²) in [7, 11) is -4.33. The quantitative estimate of drug-likeness (QED) is 0.512. The van der Waals surface area contributed by atoms with Crippen LogP contribution in [0.5, 0.6) is 5.88 Å². The molecule has 0 aromatic carbocycles. The van der Waals surface area contributed by atoms with Gasteiger partial charge >= 0.3 is 0 Å². The number of pyridine rings is 1. The third kappa shape index (κ3) is 4.55. The van der Waals surface area contributed by atoms with Crippen molar-refractivity contribution in [3.63, 3.8) is 0 Å². The second kappa shape index (κ2) is 9.66. The second-order valence-electron chi connectivity index (χ2n) is 13.6. The van der Waals surface area contributed by atoms with Crippen molar-refractivity contribution in [2.45, 2.75) is 70.7 Å². The molecule has 0 unspecified atom stereocenters. The molecule has 11 nitrogen and oxygen atoms in total. The number of amides is 1. The number of hydrogen-bond donors (Lipinski definition) is 2. The van der Waals surface area contributed by atoms with Crippen LogP contribution in [-0.2, 0) is 10.0 Å². The lowest BCUT2D eigenvalue weighted by molar-refractivity contribution is 0.0981. The maximum Gasteiger partial charge on any atom is 0.279 e. The molecule has 12 heteroatoms. The summed E-state index contributed by atoms with van der Waals surface area (Å²) in [6.45, 7) is 5.16. The minimum absolute atomic E-state index is 0.0636. The van der Waals surface area contributed by atoms with Crippen LogP contribution in [0.3, 0.4) is 0 Å². The summed E-state index contributed by atoms with van der Waals surface area (Å²) in [5, 5.41) is 6.98. The summed E-state index contributed by atoms with van der Waals surface area (Å²) >= 11 is 0. The van der Waals surface area contributed by atoms with E-state index in [1.165, 1.54) is 16.8 Å². The molecule has 232 valence electrons. The molecule has 5 heterocycles. The van der Waals surface area contributed by atoms with Gasteiger partial charge < -0.3 is 15.0 Å². The zero-order valence-electron chi connectivity index (χ0n) is 28.0. The predicted octanol–water partition coefficient (Wildman–Crippen LogP) is 4.08. The Kier molecular flexibility index (Phi) is 5.41. The van der Waals surface area contributed by atoms with E-state index in [9.17, 15) is 13.2 Å². The number of allylic oxidation sites excluding steroid dienone is 2. The summed E-state index contributed by atoms with van der Waals surface area (Å²) in [5.74, 6) is 0.719. The van der Waals surface area contributed by atoms with Gasteiger partial charge in [-0.25, -0.2) is 14.4 Å². The number of amidine groups is 1. The number of aliphatic imine (C=N–C) groups is 1. The van der Waals surface area contributed by atoms with Gasteiger partial charge in [-0.2, -0.15) is 8.42 Å². The number of rotatable bonds is 5. The highest BCUT2D eigenvalue weighted by Crippen LogP contribution is 2.93. The Morgan fingerprint density at radius 2 is 1.98 bits per heavy atom. The molecule has 3 aliphatic carbocycles. The second-order valence-corrected chi connectivity index (χ2v) is 15.3. The van der Waals surface area contributed by atoms with Crippen LogP contribution >= 0.6 is 0 Å². The van der Waals surface area contributed by atoms with Crippen LogP contribution in [0, 0.1) is 22.7 Å². The zero-order valence-corrected chi connectivity index (χ0v) is 25.8. The van der Waals surface area contributed by atoms with Crippen LogP contribution in [0.2, 0.25) is 0 Å². The number of carbonyl (C=O) groups is 1. The molecule has 3 aliphatic heterocycles. The van der Waals surface area contributed by atoms with Gasteiger partial charge in [0.25, 0.3) is 15.9 Å². The Balaban J connectivity index is 1.08. The number of aromatic nitrogens is 3. The van der Waals surface area contributed by atoms with Crippen LogP contribution < -0.4 is 19.7 Å². The fourth-order valence-corrected chi connectivity index (χ4v) is 8.96. The lowest BCUT2D eigenvalue weighted by Crippen LogP contribution is -2.42. The fraction of sp³-hybridized carbons (Fsp3) is 0.562. The number of ether oxygens (including phenoxy) is 1. The molecule has 4 bridgehead atoms. The van der Waals surface area contributed by atoms with Gasteiger partial charge in [-0.05, 0) is 112 Å². The van der Waals surface area contributed by atoms with Crippen molar-refractivity contribution in [2.75, 3.05) is 24.6 Å². The maximum absolute atomic E-state index is 13.7. The minimum Gasteiger partial charge on any atom is -0.477 e. The number of nitrogens with one attached hydrogen (secondary N) is 2. The molecule has 2 spiro atoms. The van der Waals surface area contributed by atoms with Gasteiger partial charge in [0.05, 0.1) is 13.5 Å². The van der Waals surface area contributed by atoms with E-state index in [2.05, 4.69) is 38.9 Å². The monoisotopic (exact) mass is 620 g/mol. The average molecular weight is 621 g/mol. The third-order valence-electron chi connectivity index (χ3n) is 10.5. The Morgan fingerprint density at radius 3 is 2.75 bits per heavy atom. The highest BCUT2D eigenvalue weighted by Gasteiger charge is 2.85. The molecule has 2 aromatic rings. The third-order valence-corrected chi connectivity index (χ3v) is 11.7. The van der Waals surface area contributed by atoms with Crippen molar-refractivity contribution >= 4 is 27.6 Å². The van der Waals surface area contributed by atoms with E-state index in [0.29, 0.717) is 24.7 Å². The highest BCUT2D eigenvalue weighted by atomic mass is 32.2. The molecule has 0 radical (unpaired) electrons. The number of hydrogen-bond acceptors (Lipinski definition) is 9. The predicted molar refractivity (Wildman–Crippen MR) is 166 cm³/mol. The molecule has 2 N–H and O–H groups in total. The van der Waals surface area contributed by atoms with Crippen LogP contribution in [0.25, 0.3) is 5.82 Å². The van der Waals surface area contributed by atoms with Crippen LogP contribution in [0.1, 0.15) is 79.6 Å². The molecular weight excluding hydrogens is 578 g/mol. The lowest BCUT2D eigenvalue weighted by atomic mass is 9.93. The molecule has 1 saturated heterocycles. The van der Waals surface area contributed by atoms with Crippen LogP contribution in [0.4, 0.5) is 5.82 Å². The van der Waals surface area contributed by atoms with Crippen LogP contribution in [-0.4, -0.2) is 60.2 Å². The highest BCUT2D eigenvalue weighted by molar-refractivity contribution is 7.93. The number of carbonyl (C=O) groups excluding carboxylic acids is 1. The summed E-state index contributed by atoms with van der Waals surface area (Å²) < 4.78 is 61.9. The molecule has 2 aromatic heterocycles. The summed E-state index contributed by atoms with van der Waals surface area (Å²) in [5.41, 5.74) is 0.158. The molecule has 8 rings (SSSR count). The van der Waals surface area contributed by atoms with Gasteiger partial charge in [0.15, 0.2) is 10.8 Å².